The van der Waals surface area contributed by atoms with Crippen molar-refractivity contribution in [2.24, 2.45) is 10.8 Å². The standard InChI is InChI=1S/C13H22N4O2/c1-10(9-18-3)15-13(16-14)17(2)11-7-5-6-8-12(11)19-4/h5-8,10H,9,14H2,1-4H3,(H,15,16). The van der Waals surface area contributed by atoms with Crippen molar-refractivity contribution >= 4 is 11.6 Å². The SMILES string of the molecule is COCC(C)N=C(NN)N(C)c1ccccc1OC. The molecule has 3 N–H and O–H groups in total. The summed E-state index contributed by atoms with van der Waals surface area (Å²) in [5.74, 6) is 6.85. The number of nitrogens with zero attached hydrogens (tertiary/aromatic N) is 2. The summed E-state index contributed by atoms with van der Waals surface area (Å²) in [5.41, 5.74) is 3.49. The summed E-state index contributed by atoms with van der Waals surface area (Å²) in [6, 6.07) is 7.68. The maximum absolute atomic E-state index is 5.54. The minimum absolute atomic E-state index is 0.00760. The first-order chi connectivity index (χ1) is 9.13. The average molecular weight is 266 g/mol. The van der Waals surface area contributed by atoms with Crippen molar-refractivity contribution in [1.29, 1.82) is 0 Å². The number of methoxy groups -OCH3 is 2. The van der Waals surface area contributed by atoms with Gasteiger partial charge in [0.2, 0.25) is 5.96 Å². The molecule has 0 radical (unpaired) electrons. The number of hydrogen-bond donors (Lipinski definition) is 2. The summed E-state index contributed by atoms with van der Waals surface area (Å²) in [6.07, 6.45) is 0. The number of benzene rings is 1. The van der Waals surface area contributed by atoms with E-state index < -0.39 is 0 Å². The van der Waals surface area contributed by atoms with Gasteiger partial charge in [-0.15, -0.1) is 0 Å². The Bertz CT molecular complexity index is 423. The molecule has 106 valence electrons. The Labute approximate surface area is 114 Å². The number of guanidine groups is 1. The summed E-state index contributed by atoms with van der Waals surface area (Å²) >= 11 is 0. The molecule has 19 heavy (non-hydrogen) atoms. The highest BCUT2D eigenvalue weighted by Gasteiger charge is 2.13. The smallest absolute Gasteiger partial charge is 0.213 e. The Morgan fingerprint density at radius 3 is 2.68 bits per heavy atom. The summed E-state index contributed by atoms with van der Waals surface area (Å²) < 4.78 is 10.4. The van der Waals surface area contributed by atoms with E-state index in [4.69, 9.17) is 15.3 Å². The van der Waals surface area contributed by atoms with Crippen LogP contribution in [-0.2, 0) is 4.74 Å². The fourth-order valence-electron chi connectivity index (χ4n) is 1.73. The highest BCUT2D eigenvalue weighted by molar-refractivity contribution is 5.96. The van der Waals surface area contributed by atoms with E-state index in [-0.39, 0.29) is 6.04 Å². The minimum Gasteiger partial charge on any atom is -0.495 e. The second-order valence-corrected chi connectivity index (χ2v) is 4.13. The molecule has 1 unspecified atom stereocenters. The van der Waals surface area contributed by atoms with Crippen LogP contribution in [0.5, 0.6) is 5.75 Å². The van der Waals surface area contributed by atoms with Crippen molar-refractivity contribution in [2.75, 3.05) is 32.8 Å². The molecule has 0 aromatic heterocycles. The molecule has 0 aliphatic heterocycles. The lowest BCUT2D eigenvalue weighted by atomic mass is 10.3. The van der Waals surface area contributed by atoms with Crippen LogP contribution in [0.2, 0.25) is 0 Å². The van der Waals surface area contributed by atoms with Crippen molar-refractivity contribution in [2.45, 2.75) is 13.0 Å². The van der Waals surface area contributed by atoms with Crippen LogP contribution in [0.15, 0.2) is 29.3 Å². The van der Waals surface area contributed by atoms with Crippen molar-refractivity contribution < 1.29 is 9.47 Å². The molecule has 0 heterocycles. The van der Waals surface area contributed by atoms with Gasteiger partial charge >= 0.3 is 0 Å². The third-order valence-corrected chi connectivity index (χ3v) is 2.64. The third-order valence-electron chi connectivity index (χ3n) is 2.64. The van der Waals surface area contributed by atoms with Gasteiger partial charge in [0.25, 0.3) is 0 Å². The van der Waals surface area contributed by atoms with Gasteiger partial charge in [-0.1, -0.05) is 12.1 Å². The molecular weight excluding hydrogens is 244 g/mol. The molecule has 6 nitrogen and oxygen atoms in total. The number of rotatable bonds is 5. The molecule has 0 bridgehead atoms. The van der Waals surface area contributed by atoms with E-state index in [0.717, 1.165) is 11.4 Å². The summed E-state index contributed by atoms with van der Waals surface area (Å²) in [4.78, 5) is 6.30. The molecule has 0 saturated carbocycles. The number of aliphatic imine (C=N–C) groups is 1. The van der Waals surface area contributed by atoms with E-state index in [1.54, 1.807) is 14.2 Å². The Morgan fingerprint density at radius 1 is 1.42 bits per heavy atom. The molecule has 0 aliphatic carbocycles. The Hall–Kier alpha value is -1.79. The number of ether oxygens (including phenoxy) is 2. The maximum Gasteiger partial charge on any atom is 0.213 e. The first-order valence-electron chi connectivity index (χ1n) is 6.04. The van der Waals surface area contributed by atoms with Crippen molar-refractivity contribution in [1.82, 2.24) is 5.43 Å². The highest BCUT2D eigenvalue weighted by Crippen LogP contribution is 2.26. The van der Waals surface area contributed by atoms with E-state index >= 15 is 0 Å². The largest absolute Gasteiger partial charge is 0.495 e. The van der Waals surface area contributed by atoms with Gasteiger partial charge < -0.3 is 14.4 Å². The van der Waals surface area contributed by atoms with Gasteiger partial charge in [0, 0.05) is 14.2 Å². The molecule has 1 aromatic rings. The van der Waals surface area contributed by atoms with Crippen LogP contribution in [0.3, 0.4) is 0 Å². The first-order valence-corrected chi connectivity index (χ1v) is 6.04. The third kappa shape index (κ3) is 4.11. The monoisotopic (exact) mass is 266 g/mol. The van der Waals surface area contributed by atoms with Crippen molar-refractivity contribution in [3.63, 3.8) is 0 Å². The molecular formula is C13H22N4O2. The van der Waals surface area contributed by atoms with Gasteiger partial charge in [0.05, 0.1) is 25.4 Å². The Kier molecular flexibility index (Phi) is 6.11. The molecule has 0 aliphatic rings. The number of hydrogen-bond acceptors (Lipinski definition) is 4. The fraction of sp³-hybridized carbons (Fsp3) is 0.462. The zero-order valence-corrected chi connectivity index (χ0v) is 11.9. The van der Waals surface area contributed by atoms with Crippen LogP contribution >= 0.6 is 0 Å². The lowest BCUT2D eigenvalue weighted by Gasteiger charge is -2.23. The van der Waals surface area contributed by atoms with Gasteiger partial charge in [-0.05, 0) is 19.1 Å². The molecule has 1 atom stereocenters. The topological polar surface area (TPSA) is 72.1 Å². The number of para-hydroxylation sites is 2. The lowest BCUT2D eigenvalue weighted by Crippen LogP contribution is -2.44. The number of anilines is 1. The summed E-state index contributed by atoms with van der Waals surface area (Å²) in [5, 5.41) is 0. The van der Waals surface area contributed by atoms with E-state index in [2.05, 4.69) is 10.4 Å². The van der Waals surface area contributed by atoms with Crippen LogP contribution in [0.4, 0.5) is 5.69 Å². The zero-order valence-electron chi connectivity index (χ0n) is 11.9. The van der Waals surface area contributed by atoms with E-state index in [9.17, 15) is 0 Å². The quantitative estimate of drug-likeness (QED) is 0.360. The minimum atomic E-state index is 0.00760. The summed E-state index contributed by atoms with van der Waals surface area (Å²) in [7, 11) is 5.15. The van der Waals surface area contributed by atoms with Gasteiger partial charge in [-0.3, -0.25) is 5.43 Å². The van der Waals surface area contributed by atoms with Crippen LogP contribution in [-0.4, -0.2) is 39.9 Å². The number of nitrogens with two attached hydrogens (primary N) is 1. The normalized spacial score (nSPS) is 13.0. The van der Waals surface area contributed by atoms with Crippen LogP contribution < -0.4 is 20.9 Å². The predicted octanol–water partition coefficient (Wildman–Crippen LogP) is 0.986. The van der Waals surface area contributed by atoms with Crippen LogP contribution in [0, 0.1) is 0 Å². The number of hydrazine groups is 1. The average Bonchev–Trinajstić information content (AvgIpc) is 2.44. The van der Waals surface area contributed by atoms with E-state index in [0.29, 0.717) is 12.6 Å². The molecule has 0 spiro atoms. The molecule has 0 amide bonds. The Morgan fingerprint density at radius 2 is 2.11 bits per heavy atom. The van der Waals surface area contributed by atoms with Gasteiger partial charge in [0.15, 0.2) is 0 Å². The van der Waals surface area contributed by atoms with Crippen molar-refractivity contribution in [3.05, 3.63) is 24.3 Å². The lowest BCUT2D eigenvalue weighted by molar-refractivity contribution is 0.185. The van der Waals surface area contributed by atoms with E-state index in [1.807, 2.05) is 43.1 Å². The van der Waals surface area contributed by atoms with Crippen LogP contribution in [0.25, 0.3) is 0 Å². The predicted molar refractivity (Wildman–Crippen MR) is 77.5 cm³/mol. The fourth-order valence-corrected chi connectivity index (χ4v) is 1.73. The molecule has 0 saturated heterocycles. The van der Waals surface area contributed by atoms with Gasteiger partial charge in [0.1, 0.15) is 5.75 Å². The highest BCUT2D eigenvalue weighted by atomic mass is 16.5. The second kappa shape index (κ2) is 7.60. The summed E-state index contributed by atoms with van der Waals surface area (Å²) in [6.45, 7) is 2.49. The Balaban J connectivity index is 2.98. The first kappa shape index (κ1) is 15.3. The molecule has 6 heteroatoms. The van der Waals surface area contributed by atoms with E-state index in [1.165, 1.54) is 0 Å². The zero-order chi connectivity index (χ0) is 14.3. The second-order valence-electron chi connectivity index (χ2n) is 4.13. The van der Waals surface area contributed by atoms with Gasteiger partial charge in [-0.2, -0.15) is 0 Å². The van der Waals surface area contributed by atoms with Crippen molar-refractivity contribution in [3.8, 4) is 5.75 Å². The maximum atomic E-state index is 5.54. The number of nitrogens with one attached hydrogen (secondary N) is 1. The molecule has 1 rings (SSSR count). The molecule has 1 aromatic carbocycles. The van der Waals surface area contributed by atoms with Gasteiger partial charge in [-0.25, -0.2) is 10.8 Å². The molecule has 0 fully saturated rings. The van der Waals surface area contributed by atoms with Crippen LogP contribution in [0.1, 0.15) is 6.92 Å².